The summed E-state index contributed by atoms with van der Waals surface area (Å²) in [4.78, 5) is 17.8. The summed E-state index contributed by atoms with van der Waals surface area (Å²) in [5.74, 6) is 0. The molecule has 5 nitrogen and oxygen atoms in total. The fraction of sp³-hybridized carbons (Fsp3) is 0.333. The lowest BCUT2D eigenvalue weighted by Gasteiger charge is -2.10. The number of nitrogens with zero attached hydrogens (tertiary/aromatic N) is 2. The maximum absolute atomic E-state index is 12.2. The Hall–Kier alpha value is -2.34. The molecule has 3 aromatic heterocycles. The largest absolute Gasteiger partial charge is 0.338 e. The monoisotopic (exact) mass is 342 g/mol. The number of anilines is 1. The van der Waals surface area contributed by atoms with Gasteiger partial charge in [-0.15, -0.1) is 0 Å². The smallest absolute Gasteiger partial charge is 0.319 e. The Morgan fingerprint density at radius 1 is 1.29 bits per heavy atom. The molecule has 0 aliphatic rings. The van der Waals surface area contributed by atoms with Crippen LogP contribution >= 0.6 is 11.3 Å². The van der Waals surface area contributed by atoms with Crippen molar-refractivity contribution < 1.29 is 4.79 Å². The number of hydrogen-bond donors (Lipinski definition) is 2. The number of rotatable bonds is 5. The number of thiophene rings is 1. The number of amides is 2. The minimum absolute atomic E-state index is 0.169. The third-order valence-electron chi connectivity index (χ3n) is 3.87. The molecule has 0 aliphatic carbocycles. The number of hydrogen-bond acceptors (Lipinski definition) is 3. The normalized spacial score (nSPS) is 11.0. The third-order valence-corrected chi connectivity index (χ3v) is 4.86. The molecule has 3 rings (SSSR count). The van der Waals surface area contributed by atoms with Gasteiger partial charge in [-0.2, -0.15) is 0 Å². The Labute approximate surface area is 145 Å². The van der Waals surface area contributed by atoms with Crippen molar-refractivity contribution in [2.45, 2.75) is 33.6 Å². The highest BCUT2D eigenvalue weighted by molar-refractivity contribution is 7.23. The molecule has 0 aliphatic heterocycles. The second kappa shape index (κ2) is 7.05. The molecule has 0 bridgehead atoms. The minimum Gasteiger partial charge on any atom is -0.338 e. The van der Waals surface area contributed by atoms with Crippen molar-refractivity contribution in [1.29, 1.82) is 0 Å². The Kier molecular flexibility index (Phi) is 4.85. The van der Waals surface area contributed by atoms with Crippen LogP contribution in [0.2, 0.25) is 0 Å². The molecule has 2 N–H and O–H groups in total. The van der Waals surface area contributed by atoms with Gasteiger partial charge in [-0.1, -0.05) is 24.7 Å². The molecular weight excluding hydrogens is 320 g/mol. The van der Waals surface area contributed by atoms with Crippen molar-refractivity contribution in [2.24, 2.45) is 0 Å². The molecule has 0 aromatic carbocycles. The summed E-state index contributed by atoms with van der Waals surface area (Å²) in [6.45, 7) is 6.86. The van der Waals surface area contributed by atoms with Gasteiger partial charge in [0.05, 0.1) is 5.69 Å². The van der Waals surface area contributed by atoms with Gasteiger partial charge in [0, 0.05) is 30.0 Å². The number of fused-ring (bicyclic) bond motifs is 1. The maximum atomic E-state index is 12.2. The average Bonchev–Trinajstić information content (AvgIpc) is 3.14. The quantitative estimate of drug-likeness (QED) is 0.664. The first-order chi connectivity index (χ1) is 11.6. The molecule has 3 heterocycles. The van der Waals surface area contributed by atoms with Crippen LogP contribution in [0.1, 0.15) is 31.0 Å². The van der Waals surface area contributed by atoms with Crippen LogP contribution in [-0.4, -0.2) is 22.1 Å². The summed E-state index contributed by atoms with van der Waals surface area (Å²) in [7, 11) is 0. The first-order valence-electron chi connectivity index (χ1n) is 8.19. The summed E-state index contributed by atoms with van der Waals surface area (Å²) >= 11 is 1.51. The number of nitrogens with one attached hydrogen (secondary N) is 2. The lowest BCUT2D eigenvalue weighted by atomic mass is 10.1. The third kappa shape index (κ3) is 3.28. The van der Waals surface area contributed by atoms with E-state index in [-0.39, 0.29) is 6.03 Å². The lowest BCUT2D eigenvalue weighted by molar-refractivity contribution is 0.252. The second-order valence-electron chi connectivity index (χ2n) is 5.87. The van der Waals surface area contributed by atoms with Crippen LogP contribution in [0.25, 0.3) is 15.9 Å². The number of pyridine rings is 1. The van der Waals surface area contributed by atoms with E-state index < -0.39 is 0 Å². The predicted octanol–water partition coefficient (Wildman–Crippen LogP) is 4.63. The van der Waals surface area contributed by atoms with Crippen molar-refractivity contribution in [3.05, 3.63) is 41.9 Å². The molecule has 24 heavy (non-hydrogen) atoms. The molecule has 0 unspecified atom stereocenters. The van der Waals surface area contributed by atoms with Crippen LogP contribution in [0, 0.1) is 13.8 Å². The number of carbonyl (C=O) groups excluding carboxylic acids is 1. The topological polar surface area (TPSA) is 59.0 Å². The first-order valence-corrected chi connectivity index (χ1v) is 9.00. The van der Waals surface area contributed by atoms with Gasteiger partial charge in [0.2, 0.25) is 0 Å². The van der Waals surface area contributed by atoms with Gasteiger partial charge >= 0.3 is 6.03 Å². The second-order valence-corrected chi connectivity index (χ2v) is 6.86. The van der Waals surface area contributed by atoms with Gasteiger partial charge in [-0.05, 0) is 44.0 Å². The number of carbonyl (C=O) groups is 1. The van der Waals surface area contributed by atoms with Gasteiger partial charge < -0.3 is 9.88 Å². The van der Waals surface area contributed by atoms with E-state index in [4.69, 9.17) is 0 Å². The number of unbranched alkanes of at least 4 members (excludes halogenated alkanes) is 1. The fourth-order valence-electron chi connectivity index (χ4n) is 2.76. The molecule has 0 saturated heterocycles. The van der Waals surface area contributed by atoms with Crippen molar-refractivity contribution in [1.82, 2.24) is 14.9 Å². The zero-order chi connectivity index (χ0) is 17.1. The van der Waals surface area contributed by atoms with Crippen LogP contribution in [0.4, 0.5) is 9.80 Å². The van der Waals surface area contributed by atoms with Crippen molar-refractivity contribution in [3.63, 3.8) is 0 Å². The van der Waals surface area contributed by atoms with E-state index in [1.165, 1.54) is 11.3 Å². The van der Waals surface area contributed by atoms with E-state index in [2.05, 4.69) is 35.5 Å². The fourth-order valence-corrected chi connectivity index (χ4v) is 3.95. The van der Waals surface area contributed by atoms with E-state index in [9.17, 15) is 4.79 Å². The Balaban J connectivity index is 2.02. The Morgan fingerprint density at radius 3 is 2.75 bits per heavy atom. The SMILES string of the molecule is CCCCNC(=O)Nc1sc2nc(C)cc(C)c2c1-n1cccc1. The summed E-state index contributed by atoms with van der Waals surface area (Å²) in [5, 5.41) is 7.81. The summed E-state index contributed by atoms with van der Waals surface area (Å²) in [6.07, 6.45) is 6.01. The molecule has 0 fully saturated rings. The highest BCUT2D eigenvalue weighted by Crippen LogP contribution is 2.39. The zero-order valence-corrected chi connectivity index (χ0v) is 15.0. The van der Waals surface area contributed by atoms with Crippen LogP contribution in [0.5, 0.6) is 0 Å². The van der Waals surface area contributed by atoms with E-state index in [1.807, 2.05) is 36.0 Å². The molecule has 2 amide bonds. The Bertz CT molecular complexity index is 852. The van der Waals surface area contributed by atoms with Gasteiger partial charge in [0.25, 0.3) is 0 Å². The number of urea groups is 1. The maximum Gasteiger partial charge on any atom is 0.319 e. The highest BCUT2D eigenvalue weighted by Gasteiger charge is 2.18. The van der Waals surface area contributed by atoms with Crippen molar-refractivity contribution in [3.8, 4) is 5.69 Å². The van der Waals surface area contributed by atoms with Crippen molar-refractivity contribution >= 4 is 32.6 Å². The van der Waals surface area contributed by atoms with E-state index in [0.717, 1.165) is 45.0 Å². The predicted molar refractivity (Wildman–Crippen MR) is 100 cm³/mol. The molecule has 126 valence electrons. The molecule has 0 radical (unpaired) electrons. The average molecular weight is 342 g/mol. The summed E-state index contributed by atoms with van der Waals surface area (Å²) < 4.78 is 2.03. The zero-order valence-electron chi connectivity index (χ0n) is 14.2. The Morgan fingerprint density at radius 2 is 2.04 bits per heavy atom. The van der Waals surface area contributed by atoms with Gasteiger partial charge in [0.15, 0.2) is 0 Å². The van der Waals surface area contributed by atoms with Crippen LogP contribution in [0.15, 0.2) is 30.6 Å². The number of aromatic nitrogens is 2. The first kappa shape index (κ1) is 16.5. The van der Waals surface area contributed by atoms with Gasteiger partial charge in [0.1, 0.15) is 9.83 Å². The van der Waals surface area contributed by atoms with Crippen molar-refractivity contribution in [2.75, 3.05) is 11.9 Å². The standard InChI is InChI=1S/C18H22N4OS/c1-4-5-8-19-18(23)21-17-15(22-9-6-7-10-22)14-12(2)11-13(3)20-16(14)24-17/h6-7,9-11H,4-5,8H2,1-3H3,(H2,19,21,23). The molecule has 3 aromatic rings. The molecule has 0 spiro atoms. The van der Waals surface area contributed by atoms with Crippen LogP contribution in [0.3, 0.4) is 0 Å². The van der Waals surface area contributed by atoms with E-state index >= 15 is 0 Å². The van der Waals surface area contributed by atoms with Gasteiger partial charge in [-0.3, -0.25) is 5.32 Å². The molecule has 0 saturated carbocycles. The molecule has 0 atom stereocenters. The van der Waals surface area contributed by atoms with Gasteiger partial charge in [-0.25, -0.2) is 9.78 Å². The lowest BCUT2D eigenvalue weighted by Crippen LogP contribution is -2.29. The molecular formula is C18H22N4OS. The molecule has 6 heteroatoms. The summed E-state index contributed by atoms with van der Waals surface area (Å²) in [6, 6.07) is 5.86. The number of aryl methyl sites for hydroxylation is 2. The van der Waals surface area contributed by atoms with Crippen LogP contribution < -0.4 is 10.6 Å². The minimum atomic E-state index is -0.169. The van der Waals surface area contributed by atoms with E-state index in [1.54, 1.807) is 0 Å². The summed E-state index contributed by atoms with van der Waals surface area (Å²) in [5.41, 5.74) is 3.13. The highest BCUT2D eigenvalue weighted by atomic mass is 32.1. The van der Waals surface area contributed by atoms with E-state index in [0.29, 0.717) is 6.54 Å². The van der Waals surface area contributed by atoms with Crippen LogP contribution in [-0.2, 0) is 0 Å².